The molecule has 0 bridgehead atoms. The van der Waals surface area contributed by atoms with Crippen molar-refractivity contribution in [3.63, 3.8) is 0 Å². The number of nitrogens with zero attached hydrogens (tertiary/aromatic N) is 1. The van der Waals surface area contributed by atoms with E-state index in [1.54, 1.807) is 5.57 Å². The fourth-order valence-corrected chi connectivity index (χ4v) is 4.27. The minimum absolute atomic E-state index is 0.799. The van der Waals surface area contributed by atoms with Gasteiger partial charge < -0.3 is 4.90 Å². The highest BCUT2D eigenvalue weighted by molar-refractivity contribution is 7.99. The smallest absolute Gasteiger partial charge is 0.0406 e. The molecule has 2 aromatic rings. The molecule has 23 heavy (non-hydrogen) atoms. The van der Waals surface area contributed by atoms with Crippen LogP contribution in [0.3, 0.4) is 0 Å². The summed E-state index contributed by atoms with van der Waals surface area (Å²) in [5.74, 6) is 1.16. The first-order valence-corrected chi connectivity index (χ1v) is 9.32. The van der Waals surface area contributed by atoms with Gasteiger partial charge in [0.05, 0.1) is 0 Å². The van der Waals surface area contributed by atoms with E-state index >= 15 is 0 Å². The van der Waals surface area contributed by atoms with Crippen molar-refractivity contribution in [2.24, 2.45) is 0 Å². The quantitative estimate of drug-likeness (QED) is 0.731. The molecule has 0 radical (unpaired) electrons. The van der Waals surface area contributed by atoms with Gasteiger partial charge in [0.25, 0.3) is 0 Å². The van der Waals surface area contributed by atoms with Crippen molar-refractivity contribution in [3.8, 4) is 0 Å². The molecular formula is C20H22ClNS. The third-order valence-corrected chi connectivity index (χ3v) is 5.43. The highest BCUT2D eigenvalue weighted by Gasteiger charge is 2.18. The standard InChI is InChI=1S/C20H22ClNS/c1-22(2)14-16-11-12-23-20-6-4-3-5-18(20)19(16)13-15-7-9-17(21)10-8-15/h3-10H,11-14H2,1-2H3. The lowest BCUT2D eigenvalue weighted by molar-refractivity contribution is 0.441. The predicted molar refractivity (Wildman–Crippen MR) is 102 cm³/mol. The van der Waals surface area contributed by atoms with Gasteiger partial charge in [-0.1, -0.05) is 47.5 Å². The maximum Gasteiger partial charge on any atom is 0.0406 e. The number of fused-ring (bicyclic) bond motifs is 1. The lowest BCUT2D eigenvalue weighted by Crippen LogP contribution is -2.17. The van der Waals surface area contributed by atoms with Crippen molar-refractivity contribution < 1.29 is 0 Å². The van der Waals surface area contributed by atoms with E-state index in [9.17, 15) is 0 Å². The van der Waals surface area contributed by atoms with Crippen molar-refractivity contribution in [1.82, 2.24) is 4.90 Å². The number of allylic oxidation sites excluding steroid dienone is 1. The molecule has 0 spiro atoms. The molecule has 1 heterocycles. The summed E-state index contributed by atoms with van der Waals surface area (Å²) in [4.78, 5) is 3.68. The fourth-order valence-electron chi connectivity index (χ4n) is 3.05. The predicted octanol–water partition coefficient (Wildman–Crippen LogP) is 5.39. The highest BCUT2D eigenvalue weighted by Crippen LogP contribution is 2.37. The molecule has 1 nitrogen and oxygen atoms in total. The van der Waals surface area contributed by atoms with Crippen LogP contribution in [0.2, 0.25) is 5.02 Å². The van der Waals surface area contributed by atoms with Gasteiger partial charge >= 0.3 is 0 Å². The summed E-state index contributed by atoms with van der Waals surface area (Å²) in [6.45, 7) is 1.03. The highest BCUT2D eigenvalue weighted by atomic mass is 35.5. The van der Waals surface area contributed by atoms with Gasteiger partial charge in [0.1, 0.15) is 0 Å². The largest absolute Gasteiger partial charge is 0.305 e. The Kier molecular flexibility index (Phi) is 5.47. The van der Waals surface area contributed by atoms with Gasteiger partial charge in [0.15, 0.2) is 0 Å². The van der Waals surface area contributed by atoms with Crippen LogP contribution in [-0.2, 0) is 6.42 Å². The molecule has 0 atom stereocenters. The number of benzene rings is 2. The van der Waals surface area contributed by atoms with Gasteiger partial charge in [-0.25, -0.2) is 0 Å². The van der Waals surface area contributed by atoms with Crippen LogP contribution in [-0.4, -0.2) is 31.3 Å². The summed E-state index contributed by atoms with van der Waals surface area (Å²) in [5, 5.41) is 0.799. The van der Waals surface area contributed by atoms with Gasteiger partial charge in [-0.15, -0.1) is 11.8 Å². The second-order valence-corrected chi connectivity index (χ2v) is 7.79. The number of likely N-dealkylation sites (N-methyl/N-ethyl adjacent to an activating group) is 1. The van der Waals surface area contributed by atoms with Gasteiger partial charge in [-0.3, -0.25) is 0 Å². The second kappa shape index (κ2) is 7.57. The zero-order valence-electron chi connectivity index (χ0n) is 13.7. The average Bonchev–Trinajstić information content (AvgIpc) is 2.69. The van der Waals surface area contributed by atoms with Crippen molar-refractivity contribution >= 4 is 28.9 Å². The van der Waals surface area contributed by atoms with Gasteiger partial charge in [-0.05, 0) is 61.8 Å². The maximum absolute atomic E-state index is 6.04. The molecule has 0 amide bonds. The summed E-state index contributed by atoms with van der Waals surface area (Å²) in [5.41, 5.74) is 5.77. The molecule has 120 valence electrons. The Balaban J connectivity index is 2.03. The minimum atomic E-state index is 0.799. The van der Waals surface area contributed by atoms with Crippen molar-refractivity contribution in [1.29, 1.82) is 0 Å². The van der Waals surface area contributed by atoms with Gasteiger partial charge in [-0.2, -0.15) is 0 Å². The minimum Gasteiger partial charge on any atom is -0.305 e. The number of rotatable bonds is 4. The topological polar surface area (TPSA) is 3.24 Å². The van der Waals surface area contributed by atoms with Crippen LogP contribution in [0.5, 0.6) is 0 Å². The zero-order chi connectivity index (χ0) is 16.2. The van der Waals surface area contributed by atoms with Gasteiger partial charge in [0, 0.05) is 22.2 Å². The van der Waals surface area contributed by atoms with E-state index in [0.717, 1.165) is 30.2 Å². The van der Waals surface area contributed by atoms with E-state index in [-0.39, 0.29) is 0 Å². The van der Waals surface area contributed by atoms with Crippen LogP contribution in [0.15, 0.2) is 59.0 Å². The van der Waals surface area contributed by atoms with Crippen molar-refractivity contribution in [2.45, 2.75) is 17.7 Å². The van der Waals surface area contributed by atoms with E-state index in [2.05, 4.69) is 55.4 Å². The van der Waals surface area contributed by atoms with Crippen LogP contribution in [0.4, 0.5) is 0 Å². The normalized spacial score (nSPS) is 14.8. The molecule has 1 aliphatic rings. The molecular weight excluding hydrogens is 322 g/mol. The number of halogens is 1. The van der Waals surface area contributed by atoms with E-state index in [4.69, 9.17) is 11.6 Å². The molecule has 3 heteroatoms. The molecule has 0 saturated heterocycles. The summed E-state index contributed by atoms with van der Waals surface area (Å²) >= 11 is 8.01. The molecule has 1 aliphatic heterocycles. The van der Waals surface area contributed by atoms with Crippen LogP contribution in [0.25, 0.3) is 5.57 Å². The lowest BCUT2D eigenvalue weighted by atomic mass is 9.92. The average molecular weight is 344 g/mol. The number of hydrogen-bond donors (Lipinski definition) is 0. The summed E-state index contributed by atoms with van der Waals surface area (Å²) in [6.07, 6.45) is 2.12. The summed E-state index contributed by atoms with van der Waals surface area (Å²) in [7, 11) is 4.30. The fraction of sp³-hybridized carbons (Fsp3) is 0.300. The van der Waals surface area contributed by atoms with Crippen molar-refractivity contribution in [2.75, 3.05) is 26.4 Å². The third-order valence-electron chi connectivity index (χ3n) is 4.10. The summed E-state index contributed by atoms with van der Waals surface area (Å²) in [6, 6.07) is 17.1. The SMILES string of the molecule is CN(C)CC1=C(Cc2ccc(Cl)cc2)c2ccccc2SCC1. The zero-order valence-corrected chi connectivity index (χ0v) is 15.3. The molecule has 2 aromatic carbocycles. The first-order chi connectivity index (χ1) is 11.1. The molecule has 3 rings (SSSR count). The Bertz CT molecular complexity index is 704. The second-order valence-electron chi connectivity index (χ2n) is 6.22. The number of thioether (sulfide) groups is 1. The Morgan fingerprint density at radius 3 is 2.52 bits per heavy atom. The van der Waals surface area contributed by atoms with Crippen LogP contribution in [0, 0.1) is 0 Å². The molecule has 0 fully saturated rings. The van der Waals surface area contributed by atoms with E-state index in [1.807, 2.05) is 23.9 Å². The lowest BCUT2D eigenvalue weighted by Gasteiger charge is -2.18. The molecule has 0 N–H and O–H groups in total. The van der Waals surface area contributed by atoms with E-state index < -0.39 is 0 Å². The van der Waals surface area contributed by atoms with E-state index in [0.29, 0.717) is 0 Å². The van der Waals surface area contributed by atoms with E-state index in [1.165, 1.54) is 21.6 Å². The number of hydrogen-bond acceptors (Lipinski definition) is 2. The Hall–Kier alpha value is -1.22. The molecule has 0 aromatic heterocycles. The Morgan fingerprint density at radius 1 is 1.04 bits per heavy atom. The van der Waals surface area contributed by atoms with Crippen LogP contribution < -0.4 is 0 Å². The first kappa shape index (κ1) is 16.6. The van der Waals surface area contributed by atoms with Crippen LogP contribution in [0.1, 0.15) is 17.5 Å². The third kappa shape index (κ3) is 4.20. The van der Waals surface area contributed by atoms with Gasteiger partial charge in [0.2, 0.25) is 0 Å². The Morgan fingerprint density at radius 2 is 1.78 bits per heavy atom. The van der Waals surface area contributed by atoms with Crippen molar-refractivity contribution in [3.05, 3.63) is 70.3 Å². The molecule has 0 saturated carbocycles. The maximum atomic E-state index is 6.04. The summed E-state index contributed by atoms with van der Waals surface area (Å²) < 4.78 is 0. The van der Waals surface area contributed by atoms with Crippen LogP contribution >= 0.6 is 23.4 Å². The molecule has 0 unspecified atom stereocenters. The first-order valence-electron chi connectivity index (χ1n) is 7.96. The molecule has 0 aliphatic carbocycles. The monoisotopic (exact) mass is 343 g/mol. The Labute approximate surface area is 148 Å².